The summed E-state index contributed by atoms with van der Waals surface area (Å²) in [5, 5.41) is 7.56. The van der Waals surface area contributed by atoms with Gasteiger partial charge in [0, 0.05) is 19.6 Å². The van der Waals surface area contributed by atoms with Gasteiger partial charge in [0.2, 0.25) is 0 Å². The predicted molar refractivity (Wildman–Crippen MR) is 80.3 cm³/mol. The second-order valence-electron chi connectivity index (χ2n) is 4.49. The van der Waals surface area contributed by atoms with Crippen LogP contribution in [-0.4, -0.2) is 57.3 Å². The van der Waals surface area contributed by atoms with Crippen LogP contribution in [0.25, 0.3) is 0 Å². The molecule has 3 N–H and O–H groups in total. The van der Waals surface area contributed by atoms with Crippen LogP contribution in [0, 0.1) is 5.92 Å². The van der Waals surface area contributed by atoms with Gasteiger partial charge in [0.05, 0.1) is 26.4 Å². The maximum Gasteiger partial charge on any atom is 0.314 e. The first-order valence-electron chi connectivity index (χ1n) is 6.66. The average molecular weight is 307 g/mol. The van der Waals surface area contributed by atoms with Crippen molar-refractivity contribution in [3.63, 3.8) is 0 Å². The van der Waals surface area contributed by atoms with E-state index >= 15 is 0 Å². The van der Waals surface area contributed by atoms with Crippen molar-refractivity contribution in [3.8, 4) is 0 Å². The Bertz CT molecular complexity index is 277. The Kier molecular flexibility index (Phi) is 12.4. The molecule has 118 valence electrons. The smallest absolute Gasteiger partial charge is 0.314 e. The Morgan fingerprint density at radius 1 is 0.950 bits per heavy atom. The summed E-state index contributed by atoms with van der Waals surface area (Å²) in [6.07, 6.45) is 0. The molecule has 20 heavy (non-hydrogen) atoms. The second kappa shape index (κ2) is 13.0. The van der Waals surface area contributed by atoms with Crippen LogP contribution in [0.4, 0.5) is 9.59 Å². The van der Waals surface area contributed by atoms with E-state index < -0.39 is 0 Å². The molecule has 0 fully saturated rings. The number of hydrogen-bond donors (Lipinski definition) is 4. The minimum atomic E-state index is -0.369. The summed E-state index contributed by atoms with van der Waals surface area (Å²) >= 11 is 3.55. The maximum absolute atomic E-state index is 11.3. The monoisotopic (exact) mass is 307 g/mol. The highest BCUT2D eigenvalue weighted by Crippen LogP contribution is 1.86. The fraction of sp³-hybridized carbons (Fsp3) is 0.833. The van der Waals surface area contributed by atoms with E-state index in [1.54, 1.807) is 0 Å². The number of rotatable bonds is 11. The van der Waals surface area contributed by atoms with Crippen molar-refractivity contribution in [3.05, 3.63) is 0 Å². The summed E-state index contributed by atoms with van der Waals surface area (Å²) in [4.78, 5) is 21.7. The Labute approximate surface area is 125 Å². The predicted octanol–water partition coefficient (Wildman–Crippen LogP) is 0.614. The molecule has 0 aliphatic rings. The van der Waals surface area contributed by atoms with Crippen molar-refractivity contribution >= 4 is 23.9 Å². The van der Waals surface area contributed by atoms with Gasteiger partial charge in [-0.15, -0.1) is 0 Å². The van der Waals surface area contributed by atoms with Gasteiger partial charge in [-0.3, -0.25) is 4.79 Å². The summed E-state index contributed by atoms with van der Waals surface area (Å²) in [6.45, 7) is 7.36. The van der Waals surface area contributed by atoms with Gasteiger partial charge in [0.15, 0.2) is 0 Å². The van der Waals surface area contributed by atoms with Gasteiger partial charge >= 0.3 is 6.03 Å². The van der Waals surface area contributed by atoms with Crippen molar-refractivity contribution < 1.29 is 19.1 Å². The van der Waals surface area contributed by atoms with Crippen LogP contribution in [0.3, 0.4) is 0 Å². The molecule has 0 spiro atoms. The number of nitrogens with one attached hydrogen (secondary N) is 3. The standard InChI is InChI=1S/C12H25N3O4S/c1-10(2)9-15-11(16)13-3-5-18-7-8-19-6-4-14-12(17)20/h10H,3-9H2,1-2H3,(H2,13,15,16)(H2,14,17,20). The quantitative estimate of drug-likeness (QED) is 0.333. The van der Waals surface area contributed by atoms with E-state index in [0.717, 1.165) is 0 Å². The summed E-state index contributed by atoms with van der Waals surface area (Å²) < 4.78 is 10.5. The third-order valence-corrected chi connectivity index (χ3v) is 2.26. The van der Waals surface area contributed by atoms with Gasteiger partial charge in [0.1, 0.15) is 0 Å². The van der Waals surface area contributed by atoms with Gasteiger partial charge in [0.25, 0.3) is 5.24 Å². The Hall–Kier alpha value is -0.990. The molecular weight excluding hydrogens is 282 g/mol. The highest BCUT2D eigenvalue weighted by Gasteiger charge is 2.00. The van der Waals surface area contributed by atoms with Gasteiger partial charge < -0.3 is 25.4 Å². The van der Waals surface area contributed by atoms with Crippen molar-refractivity contribution in [1.29, 1.82) is 0 Å². The van der Waals surface area contributed by atoms with Crippen LogP contribution >= 0.6 is 12.6 Å². The molecule has 0 aromatic heterocycles. The van der Waals surface area contributed by atoms with Crippen molar-refractivity contribution in [2.75, 3.05) is 46.1 Å². The molecule has 0 aliphatic carbocycles. The molecular formula is C12H25N3O4S. The van der Waals surface area contributed by atoms with E-state index in [1.807, 2.05) is 13.8 Å². The summed E-state index contributed by atoms with van der Waals surface area (Å²) in [5.74, 6) is 0.432. The molecule has 0 radical (unpaired) electrons. The number of carbonyl (C=O) groups excluding carboxylic acids is 2. The molecule has 0 rings (SSSR count). The lowest BCUT2D eigenvalue weighted by molar-refractivity contribution is 0.0512. The van der Waals surface area contributed by atoms with Gasteiger partial charge in [-0.1, -0.05) is 26.5 Å². The molecule has 0 atom stereocenters. The van der Waals surface area contributed by atoms with Crippen molar-refractivity contribution in [2.24, 2.45) is 5.92 Å². The Balaban J connectivity index is 3.16. The molecule has 0 heterocycles. The number of urea groups is 1. The summed E-state index contributed by atoms with van der Waals surface area (Å²) in [5.41, 5.74) is 0. The first-order chi connectivity index (χ1) is 9.52. The summed E-state index contributed by atoms with van der Waals surface area (Å²) in [7, 11) is 0. The lowest BCUT2D eigenvalue weighted by atomic mass is 10.2. The number of carbonyl (C=O) groups is 2. The second-order valence-corrected chi connectivity index (χ2v) is 4.89. The average Bonchev–Trinajstić information content (AvgIpc) is 2.38. The van der Waals surface area contributed by atoms with Gasteiger partial charge in [-0.05, 0) is 5.92 Å². The number of amides is 3. The molecule has 0 aromatic rings. The molecule has 0 unspecified atom stereocenters. The molecule has 0 bridgehead atoms. The molecule has 3 amide bonds. The van der Waals surface area contributed by atoms with E-state index in [-0.39, 0.29) is 11.3 Å². The topological polar surface area (TPSA) is 88.7 Å². The number of hydrogen-bond acceptors (Lipinski definition) is 4. The van der Waals surface area contributed by atoms with Crippen LogP contribution < -0.4 is 16.0 Å². The molecule has 0 aromatic carbocycles. The van der Waals surface area contributed by atoms with Crippen molar-refractivity contribution in [1.82, 2.24) is 16.0 Å². The fourth-order valence-corrected chi connectivity index (χ4v) is 1.26. The molecule has 7 nitrogen and oxygen atoms in total. The minimum absolute atomic E-state index is 0.180. The van der Waals surface area contributed by atoms with E-state index in [9.17, 15) is 9.59 Å². The van der Waals surface area contributed by atoms with E-state index in [2.05, 4.69) is 28.6 Å². The highest BCUT2D eigenvalue weighted by molar-refractivity contribution is 7.96. The largest absolute Gasteiger partial charge is 0.377 e. The first kappa shape index (κ1) is 19.0. The minimum Gasteiger partial charge on any atom is -0.377 e. The zero-order valence-electron chi connectivity index (χ0n) is 12.1. The Morgan fingerprint density at radius 3 is 2.00 bits per heavy atom. The third-order valence-electron chi connectivity index (χ3n) is 2.10. The molecule has 0 saturated heterocycles. The van der Waals surface area contributed by atoms with Crippen LogP contribution in [0.2, 0.25) is 0 Å². The van der Waals surface area contributed by atoms with E-state index in [0.29, 0.717) is 52.0 Å². The molecule has 0 aliphatic heterocycles. The number of ether oxygens (including phenoxy) is 2. The first-order valence-corrected chi connectivity index (χ1v) is 7.11. The van der Waals surface area contributed by atoms with Crippen LogP contribution in [0.15, 0.2) is 0 Å². The third kappa shape index (κ3) is 15.1. The lowest BCUT2D eigenvalue weighted by Gasteiger charge is -2.09. The zero-order valence-corrected chi connectivity index (χ0v) is 13.0. The maximum atomic E-state index is 11.3. The molecule has 0 saturated carbocycles. The van der Waals surface area contributed by atoms with Crippen molar-refractivity contribution in [2.45, 2.75) is 13.8 Å². The van der Waals surface area contributed by atoms with Crippen LogP contribution in [0.5, 0.6) is 0 Å². The zero-order chi connectivity index (χ0) is 15.2. The highest BCUT2D eigenvalue weighted by atomic mass is 32.1. The SMILES string of the molecule is CC(C)CNC(=O)NCCOCCOCCNC(=O)S. The van der Waals surface area contributed by atoms with E-state index in [1.165, 1.54) is 0 Å². The number of thiol groups is 1. The molecule has 8 heteroatoms. The van der Waals surface area contributed by atoms with E-state index in [4.69, 9.17) is 9.47 Å². The van der Waals surface area contributed by atoms with Gasteiger partial charge in [-0.2, -0.15) is 0 Å². The Morgan fingerprint density at radius 2 is 1.50 bits per heavy atom. The fourth-order valence-electron chi connectivity index (χ4n) is 1.15. The van der Waals surface area contributed by atoms with Gasteiger partial charge in [-0.25, -0.2) is 4.79 Å². The summed E-state index contributed by atoms with van der Waals surface area (Å²) in [6, 6.07) is -0.180. The normalized spacial score (nSPS) is 10.4. The van der Waals surface area contributed by atoms with Crippen LogP contribution in [0.1, 0.15) is 13.8 Å². The van der Waals surface area contributed by atoms with Crippen LogP contribution in [-0.2, 0) is 9.47 Å². The lowest BCUT2D eigenvalue weighted by Crippen LogP contribution is -2.39.